The van der Waals surface area contributed by atoms with Gasteiger partial charge >= 0.3 is 0 Å². The van der Waals surface area contributed by atoms with E-state index in [0.717, 1.165) is 0 Å². The first-order chi connectivity index (χ1) is 9.82. The Morgan fingerprint density at radius 1 is 1.38 bits per heavy atom. The lowest BCUT2D eigenvalue weighted by molar-refractivity contribution is 0.171. The van der Waals surface area contributed by atoms with Crippen molar-refractivity contribution in [2.24, 2.45) is 11.7 Å². The van der Waals surface area contributed by atoms with E-state index in [1.165, 1.54) is 23.5 Å². The molecule has 2 rings (SSSR count). The Bertz CT molecular complexity index is 646. The van der Waals surface area contributed by atoms with Crippen molar-refractivity contribution in [3.63, 3.8) is 0 Å². The smallest absolute Gasteiger partial charge is 0.242 e. The van der Waals surface area contributed by atoms with Crippen molar-refractivity contribution in [2.75, 3.05) is 26.8 Å². The van der Waals surface area contributed by atoms with E-state index in [9.17, 15) is 8.42 Å². The maximum Gasteiger partial charge on any atom is 0.242 e. The summed E-state index contributed by atoms with van der Waals surface area (Å²) in [6.45, 7) is 2.89. The number of nitrogens with zero attached hydrogens (tertiary/aromatic N) is 1. The molecule has 1 unspecified atom stereocenters. The lowest BCUT2D eigenvalue weighted by atomic mass is 10.2. The second-order valence-corrected chi connectivity index (χ2v) is 7.41. The Labute approximate surface area is 129 Å². The zero-order valence-corrected chi connectivity index (χ0v) is 13.5. The molecule has 1 aromatic rings. The molecular weight excluding hydrogens is 312 g/mol. The van der Waals surface area contributed by atoms with Gasteiger partial charge in [0, 0.05) is 25.6 Å². The van der Waals surface area contributed by atoms with Gasteiger partial charge in [0.1, 0.15) is 13.2 Å². The first-order valence-electron chi connectivity index (χ1n) is 6.47. The molecule has 0 radical (unpaired) electrons. The van der Waals surface area contributed by atoms with Crippen LogP contribution in [-0.2, 0) is 10.0 Å². The highest BCUT2D eigenvalue weighted by molar-refractivity contribution is 7.89. The minimum atomic E-state index is -3.62. The number of sulfonamides is 1. The quantitative estimate of drug-likeness (QED) is 0.811. The molecule has 1 heterocycles. The van der Waals surface area contributed by atoms with Gasteiger partial charge in [0.05, 0.1) is 9.88 Å². The van der Waals surface area contributed by atoms with Gasteiger partial charge in [0.15, 0.2) is 11.5 Å². The lowest BCUT2D eigenvalue weighted by Gasteiger charge is -2.22. The van der Waals surface area contributed by atoms with Crippen LogP contribution in [0.5, 0.6) is 11.5 Å². The summed E-state index contributed by atoms with van der Waals surface area (Å²) in [5.74, 6) is 0.800. The van der Waals surface area contributed by atoms with Gasteiger partial charge in [-0.1, -0.05) is 19.1 Å². The average molecular weight is 330 g/mol. The van der Waals surface area contributed by atoms with Crippen LogP contribution >= 0.6 is 12.2 Å². The number of thiocarbonyl (C=S) groups is 1. The molecule has 1 atom stereocenters. The summed E-state index contributed by atoms with van der Waals surface area (Å²) in [6.07, 6.45) is 0. The summed E-state index contributed by atoms with van der Waals surface area (Å²) in [5.41, 5.74) is 5.53. The molecule has 0 saturated carbocycles. The van der Waals surface area contributed by atoms with Crippen LogP contribution in [0.25, 0.3) is 0 Å². The number of hydrogen-bond acceptors (Lipinski definition) is 5. The number of ether oxygens (including phenoxy) is 2. The van der Waals surface area contributed by atoms with E-state index in [1.54, 1.807) is 13.0 Å². The van der Waals surface area contributed by atoms with E-state index in [-0.39, 0.29) is 17.4 Å². The summed E-state index contributed by atoms with van der Waals surface area (Å²) >= 11 is 4.88. The number of nitrogens with two attached hydrogens (primary N) is 1. The maximum atomic E-state index is 12.5. The van der Waals surface area contributed by atoms with Crippen molar-refractivity contribution in [1.29, 1.82) is 0 Å². The fraction of sp³-hybridized carbons (Fsp3) is 0.462. The van der Waals surface area contributed by atoms with Gasteiger partial charge in [-0.05, 0) is 12.1 Å². The van der Waals surface area contributed by atoms with Crippen LogP contribution in [0.1, 0.15) is 6.92 Å². The Balaban J connectivity index is 2.24. The molecule has 0 aromatic heterocycles. The van der Waals surface area contributed by atoms with Gasteiger partial charge in [-0.3, -0.25) is 0 Å². The fourth-order valence-corrected chi connectivity index (χ4v) is 3.29. The van der Waals surface area contributed by atoms with E-state index < -0.39 is 10.0 Å². The van der Waals surface area contributed by atoms with Crippen molar-refractivity contribution in [3.8, 4) is 11.5 Å². The fourth-order valence-electron chi connectivity index (χ4n) is 1.94. The number of rotatable bonds is 5. The van der Waals surface area contributed by atoms with Gasteiger partial charge in [-0.15, -0.1) is 0 Å². The molecule has 1 aromatic carbocycles. The van der Waals surface area contributed by atoms with Crippen LogP contribution in [0.2, 0.25) is 0 Å². The van der Waals surface area contributed by atoms with E-state index in [2.05, 4.69) is 0 Å². The molecule has 6 nitrogen and oxygen atoms in total. The van der Waals surface area contributed by atoms with E-state index in [0.29, 0.717) is 29.7 Å². The molecular formula is C13H18N2O4S2. The number of hydrogen-bond donors (Lipinski definition) is 1. The molecule has 1 aliphatic rings. The minimum absolute atomic E-state index is 0.157. The van der Waals surface area contributed by atoms with Gasteiger partial charge in [-0.25, -0.2) is 12.7 Å². The summed E-state index contributed by atoms with van der Waals surface area (Å²) < 4.78 is 37.1. The van der Waals surface area contributed by atoms with Crippen molar-refractivity contribution in [3.05, 3.63) is 18.2 Å². The van der Waals surface area contributed by atoms with Crippen molar-refractivity contribution < 1.29 is 17.9 Å². The summed E-state index contributed by atoms with van der Waals surface area (Å²) in [6, 6.07) is 4.59. The van der Waals surface area contributed by atoms with Crippen LogP contribution in [0.15, 0.2) is 23.1 Å². The highest BCUT2D eigenvalue weighted by atomic mass is 32.2. The summed E-state index contributed by atoms with van der Waals surface area (Å²) in [4.78, 5) is 0.448. The molecule has 1 aliphatic heterocycles. The molecule has 0 spiro atoms. The van der Waals surface area contributed by atoms with Gasteiger partial charge in [0.2, 0.25) is 10.0 Å². The zero-order valence-electron chi connectivity index (χ0n) is 11.9. The third-order valence-electron chi connectivity index (χ3n) is 3.24. The van der Waals surface area contributed by atoms with Crippen LogP contribution < -0.4 is 15.2 Å². The first-order valence-corrected chi connectivity index (χ1v) is 8.32. The molecule has 0 fully saturated rings. The van der Waals surface area contributed by atoms with Crippen LogP contribution in [0, 0.1) is 5.92 Å². The van der Waals surface area contributed by atoms with Crippen LogP contribution in [0.3, 0.4) is 0 Å². The third-order valence-corrected chi connectivity index (χ3v) is 5.46. The maximum absolute atomic E-state index is 12.5. The molecule has 8 heteroatoms. The predicted octanol–water partition coefficient (Wildman–Crippen LogP) is 1.00. The molecule has 21 heavy (non-hydrogen) atoms. The van der Waals surface area contributed by atoms with Crippen LogP contribution in [0.4, 0.5) is 0 Å². The largest absolute Gasteiger partial charge is 0.486 e. The standard InChI is InChI=1S/C13H18N2O4S2/c1-9(13(14)20)8-15(2)21(16,17)10-3-4-11-12(7-10)19-6-5-18-11/h3-4,7,9H,5-6,8H2,1-2H3,(H2,14,20). The zero-order chi connectivity index (χ0) is 15.6. The monoisotopic (exact) mass is 330 g/mol. The topological polar surface area (TPSA) is 81.9 Å². The minimum Gasteiger partial charge on any atom is -0.486 e. The normalized spacial score (nSPS) is 15.8. The van der Waals surface area contributed by atoms with Crippen molar-refractivity contribution >= 4 is 27.2 Å². The van der Waals surface area contributed by atoms with Gasteiger partial charge in [-0.2, -0.15) is 0 Å². The number of fused-ring (bicyclic) bond motifs is 1. The Morgan fingerprint density at radius 3 is 2.62 bits per heavy atom. The van der Waals surface area contributed by atoms with Gasteiger partial charge < -0.3 is 15.2 Å². The SMILES string of the molecule is CC(CN(C)S(=O)(=O)c1ccc2c(c1)OCCO2)C(N)=S. The summed E-state index contributed by atoms with van der Waals surface area (Å²) in [5, 5.41) is 0. The van der Waals surface area contributed by atoms with Crippen molar-refractivity contribution in [1.82, 2.24) is 4.31 Å². The Morgan fingerprint density at radius 2 is 2.00 bits per heavy atom. The lowest BCUT2D eigenvalue weighted by Crippen LogP contribution is -2.35. The average Bonchev–Trinajstić information content (AvgIpc) is 2.46. The summed E-state index contributed by atoms with van der Waals surface area (Å²) in [7, 11) is -2.12. The molecule has 0 bridgehead atoms. The van der Waals surface area contributed by atoms with Crippen molar-refractivity contribution in [2.45, 2.75) is 11.8 Å². The highest BCUT2D eigenvalue weighted by Gasteiger charge is 2.25. The molecule has 2 N–H and O–H groups in total. The number of benzene rings is 1. The van der Waals surface area contributed by atoms with E-state index in [1.807, 2.05) is 0 Å². The molecule has 0 aliphatic carbocycles. The predicted molar refractivity (Wildman–Crippen MR) is 83.2 cm³/mol. The van der Waals surface area contributed by atoms with E-state index in [4.69, 9.17) is 27.4 Å². The molecule has 0 amide bonds. The van der Waals surface area contributed by atoms with Gasteiger partial charge in [0.25, 0.3) is 0 Å². The second kappa shape index (κ2) is 6.17. The third kappa shape index (κ3) is 3.45. The van der Waals surface area contributed by atoms with E-state index >= 15 is 0 Å². The van der Waals surface area contributed by atoms with Crippen LogP contribution in [-0.4, -0.2) is 44.5 Å². The molecule has 0 saturated heterocycles. The first kappa shape index (κ1) is 16.0. The Kier molecular flexibility index (Phi) is 4.70. The second-order valence-electron chi connectivity index (χ2n) is 4.89. The highest BCUT2D eigenvalue weighted by Crippen LogP contribution is 2.33. The Hall–Kier alpha value is -1.38. The molecule has 116 valence electrons.